The van der Waals surface area contributed by atoms with Crippen molar-refractivity contribution in [1.82, 2.24) is 0 Å². The number of hydrogen-bond donors (Lipinski definition) is 1. The van der Waals surface area contributed by atoms with Crippen LogP contribution in [0.2, 0.25) is 0 Å². The van der Waals surface area contributed by atoms with E-state index in [0.29, 0.717) is 19.4 Å². The highest BCUT2D eigenvalue weighted by molar-refractivity contribution is 5.73. The summed E-state index contributed by atoms with van der Waals surface area (Å²) >= 11 is 0. The van der Waals surface area contributed by atoms with Crippen molar-refractivity contribution in [2.24, 2.45) is 5.41 Å². The molecule has 0 spiro atoms. The third-order valence-corrected chi connectivity index (χ3v) is 2.28. The van der Waals surface area contributed by atoms with Gasteiger partial charge in [0.25, 0.3) is 0 Å². The van der Waals surface area contributed by atoms with Crippen molar-refractivity contribution in [2.75, 3.05) is 13.2 Å². The molecule has 0 aromatic heterocycles. The van der Waals surface area contributed by atoms with Crippen molar-refractivity contribution in [2.45, 2.75) is 59.5 Å². The van der Waals surface area contributed by atoms with E-state index in [4.69, 9.17) is 14.6 Å². The molecular weight excluding hydrogens is 248 g/mol. The van der Waals surface area contributed by atoms with E-state index in [-0.39, 0.29) is 18.0 Å². The van der Waals surface area contributed by atoms with Crippen LogP contribution in [0.25, 0.3) is 0 Å². The van der Waals surface area contributed by atoms with Crippen LogP contribution in [0.3, 0.4) is 0 Å². The van der Waals surface area contributed by atoms with Gasteiger partial charge in [0.05, 0.1) is 13.2 Å². The Bertz CT molecular complexity index is 278. The number of unbranched alkanes of at least 4 members (excludes halogenated alkanes) is 2. The molecule has 0 aromatic carbocycles. The van der Waals surface area contributed by atoms with Crippen molar-refractivity contribution >= 4 is 11.9 Å². The Morgan fingerprint density at radius 1 is 1.11 bits per heavy atom. The second-order valence-corrected chi connectivity index (χ2v) is 5.88. The molecule has 0 saturated carbocycles. The third-order valence-electron chi connectivity index (χ3n) is 2.28. The van der Waals surface area contributed by atoms with E-state index in [1.165, 1.54) is 6.92 Å². The number of aliphatic hydroxyl groups is 1. The molecule has 112 valence electrons. The van der Waals surface area contributed by atoms with Crippen molar-refractivity contribution in [1.29, 1.82) is 0 Å². The first kappa shape index (κ1) is 17.9. The first-order valence-corrected chi connectivity index (χ1v) is 6.73. The highest BCUT2D eigenvalue weighted by Gasteiger charge is 2.13. The van der Waals surface area contributed by atoms with Crippen LogP contribution >= 0.6 is 0 Å². The van der Waals surface area contributed by atoms with Gasteiger partial charge >= 0.3 is 11.9 Å². The number of carbonyl (C=O) groups excluding carboxylic acids is 2. The zero-order chi connectivity index (χ0) is 14.9. The van der Waals surface area contributed by atoms with Gasteiger partial charge < -0.3 is 14.6 Å². The van der Waals surface area contributed by atoms with E-state index >= 15 is 0 Å². The van der Waals surface area contributed by atoms with Gasteiger partial charge in [-0.15, -0.1) is 0 Å². The molecule has 0 aliphatic rings. The average molecular weight is 274 g/mol. The van der Waals surface area contributed by atoms with Crippen molar-refractivity contribution in [3.05, 3.63) is 0 Å². The van der Waals surface area contributed by atoms with Crippen LogP contribution in [-0.4, -0.2) is 36.4 Å². The summed E-state index contributed by atoms with van der Waals surface area (Å²) in [5.74, 6) is -0.791. The first-order valence-electron chi connectivity index (χ1n) is 6.73. The van der Waals surface area contributed by atoms with Gasteiger partial charge in [-0.25, -0.2) is 4.79 Å². The molecule has 0 heterocycles. The number of carbonyl (C=O) groups is 2. The standard InChI is InChI=1S/C14H26O5/c1-11(15)13(17)18-9-7-5-6-8-12(16)19-10-14(2,3)4/h11,15H,5-10H2,1-4H3. The Hall–Kier alpha value is -1.10. The highest BCUT2D eigenvalue weighted by atomic mass is 16.5. The molecule has 0 aliphatic heterocycles. The third kappa shape index (κ3) is 11.7. The zero-order valence-corrected chi connectivity index (χ0v) is 12.4. The van der Waals surface area contributed by atoms with Crippen LogP contribution in [0.15, 0.2) is 0 Å². The van der Waals surface area contributed by atoms with Crippen LogP contribution in [0.1, 0.15) is 53.4 Å². The summed E-state index contributed by atoms with van der Waals surface area (Å²) in [5, 5.41) is 8.89. The topological polar surface area (TPSA) is 72.8 Å². The van der Waals surface area contributed by atoms with Gasteiger partial charge in [-0.3, -0.25) is 4.79 Å². The first-order chi connectivity index (χ1) is 8.72. The molecule has 0 radical (unpaired) electrons. The highest BCUT2D eigenvalue weighted by Crippen LogP contribution is 2.13. The molecule has 0 fully saturated rings. The summed E-state index contributed by atoms with van der Waals surface area (Å²) in [7, 11) is 0. The van der Waals surface area contributed by atoms with Crippen LogP contribution in [0.4, 0.5) is 0 Å². The van der Waals surface area contributed by atoms with Crippen molar-refractivity contribution < 1.29 is 24.2 Å². The van der Waals surface area contributed by atoms with Crippen LogP contribution < -0.4 is 0 Å². The number of hydrogen-bond acceptors (Lipinski definition) is 5. The van der Waals surface area contributed by atoms with Gasteiger partial charge in [0.1, 0.15) is 6.10 Å². The number of ether oxygens (including phenoxy) is 2. The monoisotopic (exact) mass is 274 g/mol. The number of rotatable bonds is 8. The molecule has 1 unspecified atom stereocenters. The summed E-state index contributed by atoms with van der Waals surface area (Å²) in [6.07, 6.45) is 1.51. The Morgan fingerprint density at radius 3 is 2.26 bits per heavy atom. The largest absolute Gasteiger partial charge is 0.465 e. The quantitative estimate of drug-likeness (QED) is 0.542. The van der Waals surface area contributed by atoms with Gasteiger partial charge in [-0.05, 0) is 31.6 Å². The molecule has 0 bridgehead atoms. The van der Waals surface area contributed by atoms with Crippen LogP contribution in [0.5, 0.6) is 0 Å². The minimum Gasteiger partial charge on any atom is -0.465 e. The molecular formula is C14H26O5. The molecule has 0 saturated heterocycles. The second-order valence-electron chi connectivity index (χ2n) is 5.88. The van der Waals surface area contributed by atoms with E-state index in [1.54, 1.807) is 0 Å². The predicted molar refractivity (Wildman–Crippen MR) is 71.5 cm³/mol. The number of esters is 2. The molecule has 0 rings (SSSR count). The normalized spacial score (nSPS) is 12.9. The fourth-order valence-corrected chi connectivity index (χ4v) is 1.21. The molecule has 5 nitrogen and oxygen atoms in total. The molecule has 0 aromatic rings. The maximum absolute atomic E-state index is 11.4. The minimum absolute atomic E-state index is 0.00908. The zero-order valence-electron chi connectivity index (χ0n) is 12.4. The van der Waals surface area contributed by atoms with E-state index in [2.05, 4.69) is 0 Å². The van der Waals surface area contributed by atoms with Crippen molar-refractivity contribution in [3.8, 4) is 0 Å². The lowest BCUT2D eigenvalue weighted by molar-refractivity contribution is -0.152. The van der Waals surface area contributed by atoms with E-state index < -0.39 is 12.1 Å². The summed E-state index contributed by atoms with van der Waals surface area (Å²) < 4.78 is 9.92. The van der Waals surface area contributed by atoms with Crippen LogP contribution in [0, 0.1) is 5.41 Å². The average Bonchev–Trinajstić information content (AvgIpc) is 2.29. The van der Waals surface area contributed by atoms with E-state index in [1.807, 2.05) is 20.8 Å². The Labute approximate surface area is 115 Å². The van der Waals surface area contributed by atoms with E-state index in [9.17, 15) is 9.59 Å². The Morgan fingerprint density at radius 2 is 1.74 bits per heavy atom. The van der Waals surface area contributed by atoms with Crippen molar-refractivity contribution in [3.63, 3.8) is 0 Å². The molecule has 0 amide bonds. The fraction of sp³-hybridized carbons (Fsp3) is 0.857. The molecule has 1 N–H and O–H groups in total. The van der Waals surface area contributed by atoms with Gasteiger partial charge in [-0.2, -0.15) is 0 Å². The second kappa shape index (κ2) is 8.91. The minimum atomic E-state index is -1.08. The fourth-order valence-electron chi connectivity index (χ4n) is 1.21. The smallest absolute Gasteiger partial charge is 0.334 e. The van der Waals surface area contributed by atoms with E-state index in [0.717, 1.165) is 12.8 Å². The summed E-state index contributed by atoms with van der Waals surface area (Å²) in [5.41, 5.74) is -0.00908. The Balaban J connectivity index is 3.44. The summed E-state index contributed by atoms with van der Waals surface area (Å²) in [4.78, 5) is 22.3. The maximum Gasteiger partial charge on any atom is 0.334 e. The summed E-state index contributed by atoms with van der Waals surface area (Å²) in [6, 6.07) is 0. The molecule has 19 heavy (non-hydrogen) atoms. The lowest BCUT2D eigenvalue weighted by Gasteiger charge is -2.17. The van der Waals surface area contributed by atoms with Gasteiger partial charge in [-0.1, -0.05) is 20.8 Å². The van der Waals surface area contributed by atoms with Crippen LogP contribution in [-0.2, 0) is 19.1 Å². The van der Waals surface area contributed by atoms with Gasteiger partial charge in [0.15, 0.2) is 0 Å². The van der Waals surface area contributed by atoms with Gasteiger partial charge in [0, 0.05) is 6.42 Å². The maximum atomic E-state index is 11.4. The predicted octanol–water partition coefficient (Wildman–Crippen LogP) is 2.06. The number of aliphatic hydroxyl groups excluding tert-OH is 1. The molecule has 1 atom stereocenters. The lowest BCUT2D eigenvalue weighted by atomic mass is 9.99. The molecule has 0 aliphatic carbocycles. The summed E-state index contributed by atoms with van der Waals surface area (Å²) in [6.45, 7) is 8.11. The SMILES string of the molecule is CC(O)C(=O)OCCCCCC(=O)OCC(C)(C)C. The Kier molecular flexibility index (Phi) is 8.39. The lowest BCUT2D eigenvalue weighted by Crippen LogP contribution is -2.19. The molecule has 5 heteroatoms. The van der Waals surface area contributed by atoms with Gasteiger partial charge in [0.2, 0.25) is 0 Å².